The fourth-order valence-electron chi connectivity index (χ4n) is 2.29. The Labute approximate surface area is 136 Å². The van der Waals surface area contributed by atoms with Crippen molar-refractivity contribution in [2.24, 2.45) is 0 Å². The van der Waals surface area contributed by atoms with Crippen molar-refractivity contribution >= 4 is 32.7 Å². The highest BCUT2D eigenvalue weighted by molar-refractivity contribution is 9.10. The van der Waals surface area contributed by atoms with Gasteiger partial charge in [-0.25, -0.2) is 0 Å². The SMILES string of the molecule is Cc1ccc(O)cc1C(=O)Cc1ccc2ncc(Br)cc2n1. The first kappa shape index (κ1) is 14.7. The molecule has 0 spiro atoms. The van der Waals surface area contributed by atoms with Gasteiger partial charge in [-0.1, -0.05) is 6.07 Å². The highest BCUT2D eigenvalue weighted by atomic mass is 79.9. The largest absolute Gasteiger partial charge is 0.508 e. The van der Waals surface area contributed by atoms with E-state index in [0.717, 1.165) is 21.1 Å². The summed E-state index contributed by atoms with van der Waals surface area (Å²) < 4.78 is 0.847. The number of aryl methyl sites for hydroxylation is 1. The van der Waals surface area contributed by atoms with Gasteiger partial charge in [-0.05, 0) is 58.7 Å². The molecule has 0 bridgehead atoms. The average molecular weight is 357 g/mol. The zero-order chi connectivity index (χ0) is 15.7. The number of hydrogen-bond donors (Lipinski definition) is 1. The summed E-state index contributed by atoms with van der Waals surface area (Å²) in [4.78, 5) is 21.1. The minimum Gasteiger partial charge on any atom is -0.508 e. The number of phenolic OH excluding ortho intramolecular Hbond substituents is 1. The second-order valence-electron chi connectivity index (χ2n) is 5.09. The van der Waals surface area contributed by atoms with Crippen LogP contribution in [0.4, 0.5) is 0 Å². The van der Waals surface area contributed by atoms with Crippen LogP contribution in [0.15, 0.2) is 47.1 Å². The van der Waals surface area contributed by atoms with E-state index in [9.17, 15) is 9.90 Å². The number of hydrogen-bond acceptors (Lipinski definition) is 4. The summed E-state index contributed by atoms with van der Waals surface area (Å²) in [5.41, 5.74) is 3.57. The van der Waals surface area contributed by atoms with Crippen molar-refractivity contribution in [3.63, 3.8) is 0 Å². The molecule has 5 heteroatoms. The van der Waals surface area contributed by atoms with Gasteiger partial charge in [0.05, 0.1) is 17.5 Å². The van der Waals surface area contributed by atoms with Crippen molar-refractivity contribution < 1.29 is 9.90 Å². The molecule has 2 aromatic heterocycles. The summed E-state index contributed by atoms with van der Waals surface area (Å²) in [7, 11) is 0. The maximum atomic E-state index is 12.4. The van der Waals surface area contributed by atoms with Crippen LogP contribution in [-0.4, -0.2) is 20.9 Å². The molecule has 110 valence electrons. The van der Waals surface area contributed by atoms with Crippen LogP contribution in [0.3, 0.4) is 0 Å². The summed E-state index contributed by atoms with van der Waals surface area (Å²) in [5.74, 6) is 0.0248. The molecule has 0 aliphatic heterocycles. The van der Waals surface area contributed by atoms with Crippen molar-refractivity contribution in [3.8, 4) is 5.75 Å². The summed E-state index contributed by atoms with van der Waals surface area (Å²) >= 11 is 3.36. The predicted octanol–water partition coefficient (Wildman–Crippen LogP) is 3.83. The van der Waals surface area contributed by atoms with Crippen LogP contribution in [0.5, 0.6) is 5.75 Å². The lowest BCUT2D eigenvalue weighted by Crippen LogP contribution is -2.07. The van der Waals surface area contributed by atoms with Crippen molar-refractivity contribution in [2.75, 3.05) is 0 Å². The molecule has 0 saturated carbocycles. The van der Waals surface area contributed by atoms with E-state index in [1.807, 2.05) is 19.1 Å². The van der Waals surface area contributed by atoms with Crippen LogP contribution >= 0.6 is 15.9 Å². The molecule has 0 unspecified atom stereocenters. The van der Waals surface area contributed by atoms with E-state index in [0.29, 0.717) is 11.3 Å². The van der Waals surface area contributed by atoms with Crippen LogP contribution < -0.4 is 0 Å². The van der Waals surface area contributed by atoms with E-state index in [-0.39, 0.29) is 18.0 Å². The summed E-state index contributed by atoms with van der Waals surface area (Å²) in [6.45, 7) is 1.85. The fourth-order valence-corrected chi connectivity index (χ4v) is 2.61. The van der Waals surface area contributed by atoms with E-state index < -0.39 is 0 Å². The summed E-state index contributed by atoms with van der Waals surface area (Å²) in [6.07, 6.45) is 1.90. The van der Waals surface area contributed by atoms with E-state index in [1.54, 1.807) is 24.4 Å². The molecule has 4 nitrogen and oxygen atoms in total. The number of fused-ring (bicyclic) bond motifs is 1. The lowest BCUT2D eigenvalue weighted by atomic mass is 10.0. The number of ketones is 1. The van der Waals surface area contributed by atoms with Crippen LogP contribution in [0, 0.1) is 6.92 Å². The van der Waals surface area contributed by atoms with Crippen molar-refractivity contribution in [2.45, 2.75) is 13.3 Å². The van der Waals surface area contributed by atoms with Crippen LogP contribution in [0.1, 0.15) is 21.6 Å². The van der Waals surface area contributed by atoms with E-state index in [2.05, 4.69) is 25.9 Å². The number of phenols is 1. The van der Waals surface area contributed by atoms with Crippen molar-refractivity contribution in [1.29, 1.82) is 0 Å². The van der Waals surface area contributed by atoms with E-state index in [1.165, 1.54) is 6.07 Å². The van der Waals surface area contributed by atoms with Gasteiger partial charge in [-0.2, -0.15) is 0 Å². The highest BCUT2D eigenvalue weighted by Crippen LogP contribution is 2.19. The van der Waals surface area contributed by atoms with Crippen LogP contribution in [0.25, 0.3) is 11.0 Å². The number of Topliss-reactive ketones (excluding diaryl/α,β-unsaturated/α-hetero) is 1. The molecule has 3 aromatic rings. The Kier molecular flexibility index (Phi) is 3.90. The smallest absolute Gasteiger partial charge is 0.169 e. The Bertz CT molecular complexity index is 878. The average Bonchev–Trinajstić information content (AvgIpc) is 2.49. The number of carbonyl (C=O) groups excluding carboxylic acids is 1. The number of nitrogens with zero attached hydrogens (tertiary/aromatic N) is 2. The topological polar surface area (TPSA) is 63.1 Å². The standard InChI is InChI=1S/C17H13BrN2O2/c1-10-2-4-13(21)8-14(10)17(22)7-12-3-5-15-16(20-12)6-11(18)9-19-15/h2-6,8-9,21H,7H2,1H3. The number of carbonyl (C=O) groups is 1. The Hall–Kier alpha value is -2.27. The van der Waals surface area contributed by atoms with Crippen molar-refractivity contribution in [3.05, 3.63) is 63.9 Å². The van der Waals surface area contributed by atoms with Gasteiger partial charge in [0.1, 0.15) is 5.75 Å². The van der Waals surface area contributed by atoms with Gasteiger partial charge in [-0.15, -0.1) is 0 Å². The minimum absolute atomic E-state index is 0.0665. The lowest BCUT2D eigenvalue weighted by Gasteiger charge is -2.06. The Morgan fingerprint density at radius 2 is 2.00 bits per heavy atom. The second kappa shape index (κ2) is 5.85. The molecule has 22 heavy (non-hydrogen) atoms. The molecular weight excluding hydrogens is 344 g/mol. The molecule has 3 rings (SSSR count). The first-order chi connectivity index (χ1) is 10.5. The van der Waals surface area contributed by atoms with Gasteiger partial charge in [0.2, 0.25) is 0 Å². The van der Waals surface area contributed by atoms with Gasteiger partial charge >= 0.3 is 0 Å². The molecule has 1 aromatic carbocycles. The molecule has 0 radical (unpaired) electrons. The minimum atomic E-state index is -0.0665. The van der Waals surface area contributed by atoms with Gasteiger partial charge in [0.15, 0.2) is 5.78 Å². The highest BCUT2D eigenvalue weighted by Gasteiger charge is 2.12. The maximum Gasteiger partial charge on any atom is 0.169 e. The Morgan fingerprint density at radius 3 is 2.82 bits per heavy atom. The quantitative estimate of drug-likeness (QED) is 0.724. The number of rotatable bonds is 3. The molecule has 2 heterocycles. The first-order valence-corrected chi connectivity index (χ1v) is 7.56. The third-order valence-electron chi connectivity index (χ3n) is 3.42. The van der Waals surface area contributed by atoms with E-state index in [4.69, 9.17) is 0 Å². The second-order valence-corrected chi connectivity index (χ2v) is 6.01. The molecule has 0 atom stereocenters. The van der Waals surface area contributed by atoms with Gasteiger partial charge in [0.25, 0.3) is 0 Å². The molecule has 0 aliphatic rings. The molecule has 1 N–H and O–H groups in total. The molecule has 0 saturated heterocycles. The van der Waals surface area contributed by atoms with Gasteiger partial charge in [-0.3, -0.25) is 14.8 Å². The lowest BCUT2D eigenvalue weighted by molar-refractivity contribution is 0.0991. The Morgan fingerprint density at radius 1 is 1.18 bits per heavy atom. The van der Waals surface area contributed by atoms with Gasteiger partial charge < -0.3 is 5.11 Å². The molecule has 0 aliphatic carbocycles. The zero-order valence-electron chi connectivity index (χ0n) is 11.9. The Balaban J connectivity index is 1.92. The van der Waals surface area contributed by atoms with Crippen molar-refractivity contribution in [1.82, 2.24) is 9.97 Å². The van der Waals surface area contributed by atoms with Crippen LogP contribution in [0.2, 0.25) is 0 Å². The number of benzene rings is 1. The third kappa shape index (κ3) is 2.99. The van der Waals surface area contributed by atoms with Gasteiger partial charge in [0, 0.05) is 21.9 Å². The summed E-state index contributed by atoms with van der Waals surface area (Å²) in [6, 6.07) is 10.3. The molecule has 0 amide bonds. The monoisotopic (exact) mass is 356 g/mol. The number of pyridine rings is 2. The third-order valence-corrected chi connectivity index (χ3v) is 3.86. The number of aromatic nitrogens is 2. The predicted molar refractivity (Wildman–Crippen MR) is 88.1 cm³/mol. The van der Waals surface area contributed by atoms with E-state index >= 15 is 0 Å². The fraction of sp³-hybridized carbons (Fsp3) is 0.118. The summed E-state index contributed by atoms with van der Waals surface area (Å²) in [5, 5.41) is 9.54. The first-order valence-electron chi connectivity index (χ1n) is 6.77. The molecule has 0 fully saturated rings. The number of aromatic hydroxyl groups is 1. The zero-order valence-corrected chi connectivity index (χ0v) is 13.5. The maximum absolute atomic E-state index is 12.4. The normalized spacial score (nSPS) is 10.8. The molecular formula is C17H13BrN2O2. The van der Waals surface area contributed by atoms with Crippen LogP contribution in [-0.2, 0) is 6.42 Å². The number of halogens is 1.